The first-order chi connectivity index (χ1) is 11.7. The van der Waals surface area contributed by atoms with Crippen LogP contribution in [0, 0.1) is 0 Å². The van der Waals surface area contributed by atoms with Gasteiger partial charge in [-0.3, -0.25) is 9.80 Å². The lowest BCUT2D eigenvalue weighted by Crippen LogP contribution is -2.50. The summed E-state index contributed by atoms with van der Waals surface area (Å²) in [5.74, 6) is 0.978. The summed E-state index contributed by atoms with van der Waals surface area (Å²) >= 11 is 0. The molecule has 4 heteroatoms. The van der Waals surface area contributed by atoms with E-state index in [1.54, 1.807) is 0 Å². The van der Waals surface area contributed by atoms with Gasteiger partial charge in [-0.1, -0.05) is 18.2 Å². The van der Waals surface area contributed by atoms with Gasteiger partial charge in [0.25, 0.3) is 0 Å². The van der Waals surface area contributed by atoms with Gasteiger partial charge in [0.1, 0.15) is 5.75 Å². The lowest BCUT2D eigenvalue weighted by molar-refractivity contribution is -0.0723. The van der Waals surface area contributed by atoms with Crippen LogP contribution in [0.3, 0.4) is 0 Å². The minimum absolute atomic E-state index is 0.364. The van der Waals surface area contributed by atoms with Gasteiger partial charge in [-0.15, -0.1) is 0 Å². The number of likely N-dealkylation sites (tertiary alicyclic amines) is 1. The van der Waals surface area contributed by atoms with Gasteiger partial charge < -0.3 is 9.47 Å². The van der Waals surface area contributed by atoms with Crippen molar-refractivity contribution in [1.29, 1.82) is 0 Å². The minimum atomic E-state index is 0.364. The number of benzene rings is 1. The lowest BCUT2D eigenvalue weighted by Gasteiger charge is -2.38. The Morgan fingerprint density at radius 1 is 1.12 bits per heavy atom. The van der Waals surface area contributed by atoms with E-state index < -0.39 is 0 Å². The van der Waals surface area contributed by atoms with Crippen molar-refractivity contribution < 1.29 is 9.47 Å². The number of nitrogens with zero attached hydrogens (tertiary/aromatic N) is 2. The Labute approximate surface area is 146 Å². The second kappa shape index (κ2) is 8.84. The molecule has 0 aliphatic carbocycles. The van der Waals surface area contributed by atoms with Gasteiger partial charge in [-0.25, -0.2) is 0 Å². The quantitative estimate of drug-likeness (QED) is 0.717. The topological polar surface area (TPSA) is 24.9 Å². The van der Waals surface area contributed by atoms with Crippen molar-refractivity contribution in [3.8, 4) is 5.75 Å². The van der Waals surface area contributed by atoms with Gasteiger partial charge in [0.15, 0.2) is 0 Å². The van der Waals surface area contributed by atoms with Crippen LogP contribution >= 0.6 is 0 Å². The van der Waals surface area contributed by atoms with Crippen molar-refractivity contribution in [3.63, 3.8) is 0 Å². The molecular weight excluding hydrogens is 300 g/mol. The fourth-order valence-corrected chi connectivity index (χ4v) is 4.10. The number of hydrogen-bond acceptors (Lipinski definition) is 4. The summed E-state index contributed by atoms with van der Waals surface area (Å²) in [6.45, 7) is 10.9. The molecule has 134 valence electrons. The minimum Gasteiger partial charge on any atom is -0.494 e. The highest BCUT2D eigenvalue weighted by molar-refractivity contribution is 5.20. The van der Waals surface area contributed by atoms with E-state index in [0.29, 0.717) is 18.2 Å². The monoisotopic (exact) mass is 332 g/mol. The molecule has 4 nitrogen and oxygen atoms in total. The molecule has 2 aliphatic rings. The number of rotatable bonds is 7. The molecule has 0 N–H and O–H groups in total. The molecule has 1 aromatic carbocycles. The van der Waals surface area contributed by atoms with Crippen molar-refractivity contribution in [1.82, 2.24) is 9.80 Å². The molecular formula is C20H32N2O2. The molecule has 2 fully saturated rings. The molecule has 0 aromatic heterocycles. The highest BCUT2D eigenvalue weighted by Crippen LogP contribution is 2.21. The molecule has 0 saturated carbocycles. The SMILES string of the molecule is CC1CN(CC2CCCN2CCCOc2ccccc2)CC(C)O1. The smallest absolute Gasteiger partial charge is 0.119 e. The molecule has 3 rings (SSSR count). The lowest BCUT2D eigenvalue weighted by atomic mass is 10.1. The maximum Gasteiger partial charge on any atom is 0.119 e. The zero-order valence-electron chi connectivity index (χ0n) is 15.2. The van der Waals surface area contributed by atoms with E-state index in [4.69, 9.17) is 9.47 Å². The number of morpholine rings is 1. The van der Waals surface area contributed by atoms with Crippen molar-refractivity contribution in [3.05, 3.63) is 30.3 Å². The molecule has 0 spiro atoms. The standard InChI is InChI=1S/C20H32N2O2/c1-17-14-21(15-18(2)24-17)16-19-8-6-11-22(19)12-7-13-23-20-9-4-3-5-10-20/h3-5,9-10,17-19H,6-8,11-16H2,1-2H3. The molecule has 1 aromatic rings. The summed E-state index contributed by atoms with van der Waals surface area (Å²) in [6, 6.07) is 10.8. The van der Waals surface area contributed by atoms with E-state index in [0.717, 1.165) is 38.4 Å². The molecule has 0 amide bonds. The van der Waals surface area contributed by atoms with Crippen molar-refractivity contribution in [2.24, 2.45) is 0 Å². The third-order valence-corrected chi connectivity index (χ3v) is 5.06. The first-order valence-electron chi connectivity index (χ1n) is 9.50. The Balaban J connectivity index is 1.39. The first-order valence-corrected chi connectivity index (χ1v) is 9.50. The van der Waals surface area contributed by atoms with Crippen LogP contribution in [-0.4, -0.2) is 67.4 Å². The van der Waals surface area contributed by atoms with E-state index in [1.807, 2.05) is 30.3 Å². The Kier molecular flexibility index (Phi) is 6.52. The van der Waals surface area contributed by atoms with E-state index in [-0.39, 0.29) is 0 Å². The molecule has 2 saturated heterocycles. The highest BCUT2D eigenvalue weighted by Gasteiger charge is 2.29. The Hall–Kier alpha value is -1.10. The van der Waals surface area contributed by atoms with Crippen LogP contribution < -0.4 is 4.74 Å². The average molecular weight is 332 g/mol. The molecule has 2 aliphatic heterocycles. The van der Waals surface area contributed by atoms with Crippen LogP contribution in [0.1, 0.15) is 33.1 Å². The van der Waals surface area contributed by atoms with Gasteiger partial charge in [0.05, 0.1) is 18.8 Å². The van der Waals surface area contributed by atoms with Gasteiger partial charge in [-0.05, 0) is 51.8 Å². The largest absolute Gasteiger partial charge is 0.494 e. The summed E-state index contributed by atoms with van der Waals surface area (Å²) in [5.41, 5.74) is 0. The third kappa shape index (κ3) is 5.20. The van der Waals surface area contributed by atoms with Crippen LogP contribution in [0.15, 0.2) is 30.3 Å². The maximum atomic E-state index is 5.86. The molecule has 24 heavy (non-hydrogen) atoms. The van der Waals surface area contributed by atoms with E-state index in [2.05, 4.69) is 23.6 Å². The van der Waals surface area contributed by atoms with E-state index in [9.17, 15) is 0 Å². The normalized spacial score (nSPS) is 29.0. The highest BCUT2D eigenvalue weighted by atomic mass is 16.5. The van der Waals surface area contributed by atoms with Gasteiger partial charge in [-0.2, -0.15) is 0 Å². The predicted molar refractivity (Wildman–Crippen MR) is 97.6 cm³/mol. The fraction of sp³-hybridized carbons (Fsp3) is 0.700. The number of hydrogen-bond donors (Lipinski definition) is 0. The summed E-state index contributed by atoms with van der Waals surface area (Å²) in [7, 11) is 0. The van der Waals surface area contributed by atoms with Crippen molar-refractivity contribution in [2.45, 2.75) is 51.4 Å². The summed E-state index contributed by atoms with van der Waals surface area (Å²) in [5, 5.41) is 0. The maximum absolute atomic E-state index is 5.86. The average Bonchev–Trinajstić information content (AvgIpc) is 2.99. The molecule has 2 heterocycles. The molecule has 0 radical (unpaired) electrons. The number of para-hydroxylation sites is 1. The summed E-state index contributed by atoms with van der Waals surface area (Å²) < 4.78 is 11.7. The molecule has 0 bridgehead atoms. The molecule has 3 unspecified atom stereocenters. The second-order valence-corrected chi connectivity index (χ2v) is 7.32. The molecule has 3 atom stereocenters. The Bertz CT molecular complexity index is 472. The van der Waals surface area contributed by atoms with Crippen LogP contribution in [0.25, 0.3) is 0 Å². The Morgan fingerprint density at radius 3 is 2.62 bits per heavy atom. The zero-order chi connectivity index (χ0) is 16.8. The fourth-order valence-electron chi connectivity index (χ4n) is 4.10. The van der Waals surface area contributed by atoms with Crippen molar-refractivity contribution >= 4 is 0 Å². The van der Waals surface area contributed by atoms with Gasteiger partial charge in [0, 0.05) is 32.2 Å². The Morgan fingerprint density at radius 2 is 1.88 bits per heavy atom. The van der Waals surface area contributed by atoms with Crippen LogP contribution in [-0.2, 0) is 4.74 Å². The van der Waals surface area contributed by atoms with Crippen molar-refractivity contribution in [2.75, 3.05) is 39.3 Å². The number of ether oxygens (including phenoxy) is 2. The predicted octanol–water partition coefficient (Wildman–Crippen LogP) is 3.03. The first kappa shape index (κ1) is 17.7. The zero-order valence-corrected chi connectivity index (χ0v) is 15.2. The summed E-state index contributed by atoms with van der Waals surface area (Å²) in [4.78, 5) is 5.27. The third-order valence-electron chi connectivity index (χ3n) is 5.06. The van der Waals surface area contributed by atoms with Crippen LogP contribution in [0.5, 0.6) is 5.75 Å². The second-order valence-electron chi connectivity index (χ2n) is 7.32. The summed E-state index contributed by atoms with van der Waals surface area (Å²) in [6.07, 6.45) is 4.49. The van der Waals surface area contributed by atoms with Crippen LogP contribution in [0.2, 0.25) is 0 Å². The van der Waals surface area contributed by atoms with Crippen LogP contribution in [0.4, 0.5) is 0 Å². The van der Waals surface area contributed by atoms with Gasteiger partial charge >= 0.3 is 0 Å². The van der Waals surface area contributed by atoms with E-state index >= 15 is 0 Å². The van der Waals surface area contributed by atoms with Gasteiger partial charge in [0.2, 0.25) is 0 Å². The van der Waals surface area contributed by atoms with E-state index in [1.165, 1.54) is 25.9 Å².